The average molecular weight is 445 g/mol. The number of nitrogens with one attached hydrogen (secondary N) is 2. The maximum absolute atomic E-state index is 14.2. The molecule has 2 N–H and O–H groups in total. The minimum Gasteiger partial charge on any atom is -0.495 e. The predicted molar refractivity (Wildman–Crippen MR) is 120 cm³/mol. The summed E-state index contributed by atoms with van der Waals surface area (Å²) in [6.07, 6.45) is 4.66. The fourth-order valence-electron chi connectivity index (χ4n) is 2.95. The van der Waals surface area contributed by atoms with E-state index in [1.807, 2.05) is 12.1 Å². The van der Waals surface area contributed by atoms with Crippen molar-refractivity contribution in [2.45, 2.75) is 12.8 Å². The number of benzene rings is 2. The first-order valence-corrected chi connectivity index (χ1v) is 10.2. The number of ether oxygens (including phenoxy) is 2. The summed E-state index contributed by atoms with van der Waals surface area (Å²) >= 11 is 0. The molecule has 1 amide bonds. The topological polar surface area (TPSA) is 109 Å². The zero-order valence-corrected chi connectivity index (χ0v) is 17.7. The molecule has 1 heterocycles. The summed E-state index contributed by atoms with van der Waals surface area (Å²) in [5, 5.41) is 14.9. The van der Waals surface area contributed by atoms with Crippen LogP contribution in [0.3, 0.4) is 0 Å². The lowest BCUT2D eigenvalue weighted by atomic mass is 10.2. The largest absolute Gasteiger partial charge is 0.495 e. The number of carbonyl (C=O) groups is 1. The number of anilines is 3. The first kappa shape index (κ1) is 21.8. The third-order valence-electron chi connectivity index (χ3n) is 4.76. The zero-order chi connectivity index (χ0) is 23.2. The maximum atomic E-state index is 14.2. The summed E-state index contributed by atoms with van der Waals surface area (Å²) in [7, 11) is 1.49. The Balaban J connectivity index is 1.54. The van der Waals surface area contributed by atoms with Gasteiger partial charge in [-0.1, -0.05) is 24.3 Å². The molecular formula is C24H20FN5O3. The van der Waals surface area contributed by atoms with Crippen LogP contribution in [0.4, 0.5) is 21.7 Å². The molecule has 1 aliphatic carbocycles. The van der Waals surface area contributed by atoms with E-state index in [0.29, 0.717) is 28.8 Å². The first-order chi connectivity index (χ1) is 16.1. The molecule has 1 saturated carbocycles. The van der Waals surface area contributed by atoms with Crippen LogP contribution in [0.15, 0.2) is 66.4 Å². The van der Waals surface area contributed by atoms with Crippen molar-refractivity contribution in [1.82, 2.24) is 9.97 Å². The summed E-state index contributed by atoms with van der Waals surface area (Å²) < 4.78 is 25.0. The molecule has 0 aliphatic heterocycles. The Morgan fingerprint density at radius 2 is 2.03 bits per heavy atom. The Kier molecular flexibility index (Phi) is 6.45. The summed E-state index contributed by atoms with van der Waals surface area (Å²) in [6.45, 7) is 0. The minimum atomic E-state index is -0.719. The molecule has 0 atom stereocenters. The van der Waals surface area contributed by atoms with Gasteiger partial charge in [-0.25, -0.2) is 4.98 Å². The van der Waals surface area contributed by atoms with E-state index < -0.39 is 11.7 Å². The van der Waals surface area contributed by atoms with Gasteiger partial charge in [0.15, 0.2) is 0 Å². The SMILES string of the molecule is COc1ccc(NC(=O)/C(C#N)=C\C2CC2)cc1Nc1ncc(F)c(Oc2ccccc2)n1. The van der Waals surface area contributed by atoms with Crippen LogP contribution in [0.5, 0.6) is 17.4 Å². The minimum absolute atomic E-state index is 0.0652. The number of allylic oxidation sites excluding steroid dienone is 1. The molecular weight excluding hydrogens is 425 g/mol. The molecule has 1 fully saturated rings. The van der Waals surface area contributed by atoms with Gasteiger partial charge in [0.1, 0.15) is 23.1 Å². The molecule has 0 unspecified atom stereocenters. The van der Waals surface area contributed by atoms with Crippen LogP contribution in [0.2, 0.25) is 0 Å². The number of aromatic nitrogens is 2. The van der Waals surface area contributed by atoms with E-state index in [1.54, 1.807) is 48.5 Å². The standard InChI is InChI=1S/C24H20FN5O3/c1-32-21-10-9-17(28-22(31)16(13-26)11-15-7-8-15)12-20(21)29-24-27-14-19(25)23(30-24)33-18-5-3-2-4-6-18/h2-6,9-12,14-15H,7-8H2,1H3,(H,28,31)(H,27,29,30)/b16-11-. The molecule has 166 valence electrons. The van der Waals surface area contributed by atoms with Crippen molar-refractivity contribution < 1.29 is 18.7 Å². The fraction of sp³-hybridized carbons (Fsp3) is 0.167. The lowest BCUT2D eigenvalue weighted by molar-refractivity contribution is -0.112. The highest BCUT2D eigenvalue weighted by Crippen LogP contribution is 2.33. The Morgan fingerprint density at radius 1 is 1.24 bits per heavy atom. The molecule has 1 aromatic heterocycles. The van der Waals surface area contributed by atoms with Crippen molar-refractivity contribution in [2.75, 3.05) is 17.7 Å². The highest BCUT2D eigenvalue weighted by atomic mass is 19.1. The van der Waals surface area contributed by atoms with Crippen molar-refractivity contribution in [3.05, 3.63) is 72.2 Å². The third-order valence-corrected chi connectivity index (χ3v) is 4.76. The molecule has 0 saturated heterocycles. The quantitative estimate of drug-likeness (QED) is 0.373. The number of para-hydroxylation sites is 1. The number of nitrogens with zero attached hydrogens (tertiary/aromatic N) is 3. The summed E-state index contributed by atoms with van der Waals surface area (Å²) in [4.78, 5) is 20.5. The lowest BCUT2D eigenvalue weighted by Gasteiger charge is -2.13. The number of nitriles is 1. The smallest absolute Gasteiger partial charge is 0.265 e. The molecule has 2 aromatic carbocycles. The van der Waals surface area contributed by atoms with Crippen LogP contribution >= 0.6 is 0 Å². The molecule has 0 radical (unpaired) electrons. The second kappa shape index (κ2) is 9.78. The molecule has 3 aromatic rings. The summed E-state index contributed by atoms with van der Waals surface area (Å²) in [5.41, 5.74) is 0.938. The van der Waals surface area contributed by atoms with Crippen molar-refractivity contribution >= 4 is 23.2 Å². The normalized spacial score (nSPS) is 13.1. The van der Waals surface area contributed by atoms with E-state index in [9.17, 15) is 14.4 Å². The van der Waals surface area contributed by atoms with Crippen LogP contribution in [-0.4, -0.2) is 23.0 Å². The molecule has 4 rings (SSSR count). The first-order valence-electron chi connectivity index (χ1n) is 10.2. The van der Waals surface area contributed by atoms with E-state index in [-0.39, 0.29) is 17.4 Å². The Bertz CT molecular complexity index is 1240. The van der Waals surface area contributed by atoms with Crippen molar-refractivity contribution in [1.29, 1.82) is 5.26 Å². The second-order valence-electron chi connectivity index (χ2n) is 7.29. The number of carbonyl (C=O) groups excluding carboxylic acids is 1. The van der Waals surface area contributed by atoms with Crippen molar-refractivity contribution in [2.24, 2.45) is 5.92 Å². The van der Waals surface area contributed by atoms with E-state index >= 15 is 0 Å². The van der Waals surface area contributed by atoms with Gasteiger partial charge in [-0.05, 0) is 49.1 Å². The molecule has 0 spiro atoms. The Labute approximate surface area is 189 Å². The van der Waals surface area contributed by atoms with Gasteiger partial charge >= 0.3 is 0 Å². The number of rotatable bonds is 8. The van der Waals surface area contributed by atoms with Gasteiger partial charge in [0.25, 0.3) is 11.8 Å². The summed E-state index contributed by atoms with van der Waals surface area (Å²) in [5.74, 6) is -0.222. The maximum Gasteiger partial charge on any atom is 0.265 e. The number of halogens is 1. The van der Waals surface area contributed by atoms with Gasteiger partial charge in [0.2, 0.25) is 11.8 Å². The van der Waals surface area contributed by atoms with Crippen molar-refractivity contribution in [3.8, 4) is 23.4 Å². The third kappa shape index (κ3) is 5.62. The fourth-order valence-corrected chi connectivity index (χ4v) is 2.95. The molecule has 33 heavy (non-hydrogen) atoms. The zero-order valence-electron chi connectivity index (χ0n) is 17.7. The van der Waals surface area contributed by atoms with Crippen LogP contribution in [0.1, 0.15) is 12.8 Å². The van der Waals surface area contributed by atoms with Gasteiger partial charge in [-0.3, -0.25) is 4.79 Å². The molecule has 8 nitrogen and oxygen atoms in total. The van der Waals surface area contributed by atoms with Crippen LogP contribution < -0.4 is 20.1 Å². The monoisotopic (exact) mass is 445 g/mol. The van der Waals surface area contributed by atoms with Crippen LogP contribution in [-0.2, 0) is 4.79 Å². The Morgan fingerprint density at radius 3 is 2.73 bits per heavy atom. The second-order valence-corrected chi connectivity index (χ2v) is 7.29. The van der Waals surface area contributed by atoms with Gasteiger partial charge in [-0.15, -0.1) is 0 Å². The number of amides is 1. The predicted octanol–water partition coefficient (Wildman–Crippen LogP) is 4.96. The molecule has 9 heteroatoms. The number of hydrogen-bond donors (Lipinski definition) is 2. The van der Waals surface area contributed by atoms with Gasteiger partial charge in [-0.2, -0.15) is 14.6 Å². The van der Waals surface area contributed by atoms with Crippen LogP contribution in [0, 0.1) is 23.1 Å². The molecule has 0 bridgehead atoms. The van der Waals surface area contributed by atoms with E-state index in [2.05, 4.69) is 20.6 Å². The number of hydrogen-bond acceptors (Lipinski definition) is 7. The van der Waals surface area contributed by atoms with Gasteiger partial charge in [0, 0.05) is 5.69 Å². The lowest BCUT2D eigenvalue weighted by Crippen LogP contribution is -2.14. The van der Waals surface area contributed by atoms with Gasteiger partial charge in [0.05, 0.1) is 19.0 Å². The van der Waals surface area contributed by atoms with E-state index in [4.69, 9.17) is 9.47 Å². The Hall–Kier alpha value is -4.45. The average Bonchev–Trinajstić information content (AvgIpc) is 3.65. The van der Waals surface area contributed by atoms with E-state index in [0.717, 1.165) is 19.0 Å². The van der Waals surface area contributed by atoms with Crippen molar-refractivity contribution in [3.63, 3.8) is 0 Å². The summed E-state index contributed by atoms with van der Waals surface area (Å²) in [6, 6.07) is 15.5. The van der Waals surface area contributed by atoms with E-state index in [1.165, 1.54) is 7.11 Å². The molecule has 1 aliphatic rings. The highest BCUT2D eigenvalue weighted by molar-refractivity contribution is 6.06. The number of methoxy groups -OCH3 is 1. The highest BCUT2D eigenvalue weighted by Gasteiger charge is 2.22. The van der Waals surface area contributed by atoms with Crippen LogP contribution in [0.25, 0.3) is 0 Å². The van der Waals surface area contributed by atoms with Gasteiger partial charge < -0.3 is 20.1 Å².